The Bertz CT molecular complexity index is 1190. The fraction of sp³-hybridized carbons (Fsp3) is 0.100. The van der Waals surface area contributed by atoms with E-state index in [2.05, 4.69) is 31.0 Å². The molecule has 2 aromatic carbocycles. The summed E-state index contributed by atoms with van der Waals surface area (Å²) in [6.45, 7) is 1.82. The summed E-state index contributed by atoms with van der Waals surface area (Å²) in [5.74, 6) is -0.320. The van der Waals surface area contributed by atoms with Gasteiger partial charge < -0.3 is 0 Å². The van der Waals surface area contributed by atoms with Crippen molar-refractivity contribution in [2.24, 2.45) is 0 Å². The van der Waals surface area contributed by atoms with Crippen LogP contribution in [0.2, 0.25) is 0 Å². The Labute approximate surface area is 190 Å². The topological polar surface area (TPSA) is 110 Å². The summed E-state index contributed by atoms with van der Waals surface area (Å²) < 4.78 is 0.582. The second kappa shape index (κ2) is 9.77. The molecule has 0 aliphatic carbocycles. The van der Waals surface area contributed by atoms with Crippen molar-refractivity contribution in [3.05, 3.63) is 65.2 Å². The number of carbonyl (C=O) groups excluding carboxylic acids is 2. The lowest BCUT2D eigenvalue weighted by molar-refractivity contribution is -0.113. The van der Waals surface area contributed by atoms with Crippen LogP contribution in [-0.4, -0.2) is 38.0 Å². The first-order valence-corrected chi connectivity index (χ1v) is 11.7. The third-order valence-electron chi connectivity index (χ3n) is 3.98. The average Bonchev–Trinajstić information content (AvgIpc) is 3.41. The van der Waals surface area contributed by atoms with Gasteiger partial charge in [0.25, 0.3) is 5.91 Å². The Morgan fingerprint density at radius 1 is 0.839 bits per heavy atom. The van der Waals surface area contributed by atoms with E-state index in [9.17, 15) is 9.59 Å². The Morgan fingerprint density at radius 2 is 1.52 bits per heavy atom. The number of nitrogens with one attached hydrogen (secondary N) is 2. The van der Waals surface area contributed by atoms with E-state index in [4.69, 9.17) is 0 Å². The summed E-state index contributed by atoms with van der Waals surface area (Å²) in [4.78, 5) is 24.5. The molecule has 31 heavy (non-hydrogen) atoms. The molecule has 156 valence electrons. The number of hydrogen-bond acceptors (Lipinski definition) is 9. The fourth-order valence-corrected chi connectivity index (χ4v) is 4.72. The van der Waals surface area contributed by atoms with Crippen LogP contribution in [0.15, 0.2) is 58.9 Å². The lowest BCUT2D eigenvalue weighted by Crippen LogP contribution is -2.13. The maximum absolute atomic E-state index is 12.5. The summed E-state index contributed by atoms with van der Waals surface area (Å²) >= 11 is 3.76. The molecule has 0 unspecified atom stereocenters. The number of aromatic nitrogens is 4. The fourth-order valence-electron chi connectivity index (χ4n) is 2.56. The van der Waals surface area contributed by atoms with Gasteiger partial charge in [0.1, 0.15) is 5.01 Å². The molecule has 2 amide bonds. The highest BCUT2D eigenvalue weighted by atomic mass is 32.2. The number of amides is 2. The van der Waals surface area contributed by atoms with Gasteiger partial charge >= 0.3 is 0 Å². The molecule has 11 heteroatoms. The highest BCUT2D eigenvalue weighted by Gasteiger charge is 2.13. The number of aryl methyl sites for hydroxylation is 1. The summed E-state index contributed by atoms with van der Waals surface area (Å²) in [6, 6.07) is 17.3. The molecule has 0 fully saturated rings. The molecule has 0 radical (unpaired) electrons. The molecule has 8 nitrogen and oxygen atoms in total. The van der Waals surface area contributed by atoms with Gasteiger partial charge in [0.15, 0.2) is 4.34 Å². The number of anilines is 2. The van der Waals surface area contributed by atoms with Crippen molar-refractivity contribution in [3.8, 4) is 11.1 Å². The molecule has 0 spiro atoms. The Morgan fingerprint density at radius 3 is 2.23 bits per heavy atom. The molecular formula is C20H16N6O2S3. The average molecular weight is 469 g/mol. The van der Waals surface area contributed by atoms with Crippen LogP contribution in [0.3, 0.4) is 0 Å². The van der Waals surface area contributed by atoms with Crippen molar-refractivity contribution in [1.82, 2.24) is 20.4 Å². The Hall–Kier alpha value is -3.15. The Balaban J connectivity index is 1.30. The van der Waals surface area contributed by atoms with Gasteiger partial charge in [-0.2, -0.15) is 0 Å². The van der Waals surface area contributed by atoms with Gasteiger partial charge in [-0.25, -0.2) is 0 Å². The molecule has 0 aliphatic heterocycles. The summed E-state index contributed by atoms with van der Waals surface area (Å²) in [5.41, 5.74) is 2.65. The van der Waals surface area contributed by atoms with E-state index in [1.165, 1.54) is 34.4 Å². The van der Waals surface area contributed by atoms with Crippen molar-refractivity contribution < 1.29 is 9.59 Å². The van der Waals surface area contributed by atoms with Crippen LogP contribution in [0.1, 0.15) is 15.4 Å². The van der Waals surface area contributed by atoms with Gasteiger partial charge in [-0.15, -0.1) is 20.4 Å². The molecule has 2 heterocycles. The van der Waals surface area contributed by atoms with E-state index in [0.29, 0.717) is 20.2 Å². The van der Waals surface area contributed by atoms with Crippen LogP contribution < -0.4 is 10.6 Å². The largest absolute Gasteiger partial charge is 0.300 e. The van der Waals surface area contributed by atoms with E-state index in [1.807, 2.05) is 49.4 Å². The standard InChI is InChI=1S/C20H16N6O2S3/c1-12-23-24-18(30-12)21-16(27)11-29-20-26-25-19(31-20)22-17(28)15-9-7-14(8-10-15)13-5-3-2-4-6-13/h2-10H,11H2,1H3,(H,21,24,27)(H,22,25,28). The van der Waals surface area contributed by atoms with Gasteiger partial charge in [-0.05, 0) is 30.2 Å². The van der Waals surface area contributed by atoms with Crippen LogP contribution in [0.5, 0.6) is 0 Å². The maximum Gasteiger partial charge on any atom is 0.257 e. The predicted molar refractivity (Wildman–Crippen MR) is 124 cm³/mol. The number of hydrogen-bond donors (Lipinski definition) is 2. The number of carbonyl (C=O) groups is 2. The second-order valence-corrected chi connectivity index (χ2v) is 9.62. The molecular weight excluding hydrogens is 452 g/mol. The number of thioether (sulfide) groups is 1. The number of benzene rings is 2. The molecule has 0 saturated carbocycles. The zero-order chi connectivity index (χ0) is 21.6. The molecule has 0 bridgehead atoms. The third-order valence-corrected chi connectivity index (χ3v) is 6.71. The van der Waals surface area contributed by atoms with Crippen LogP contribution >= 0.6 is 34.4 Å². The lowest BCUT2D eigenvalue weighted by Gasteiger charge is -2.04. The van der Waals surface area contributed by atoms with E-state index in [0.717, 1.165) is 16.1 Å². The second-order valence-electron chi connectivity index (χ2n) is 6.23. The van der Waals surface area contributed by atoms with Crippen molar-refractivity contribution in [3.63, 3.8) is 0 Å². The quantitative estimate of drug-likeness (QED) is 0.306. The highest BCUT2D eigenvalue weighted by Crippen LogP contribution is 2.26. The minimum Gasteiger partial charge on any atom is -0.300 e. The number of nitrogens with zero attached hydrogens (tertiary/aromatic N) is 4. The molecule has 0 aliphatic rings. The lowest BCUT2D eigenvalue weighted by atomic mass is 10.0. The molecule has 4 rings (SSSR count). The van der Waals surface area contributed by atoms with E-state index >= 15 is 0 Å². The summed E-state index contributed by atoms with van der Waals surface area (Å²) in [6.07, 6.45) is 0. The Kier molecular flexibility index (Phi) is 6.65. The van der Waals surface area contributed by atoms with Gasteiger partial charge in [0, 0.05) is 5.56 Å². The molecule has 4 aromatic rings. The van der Waals surface area contributed by atoms with Crippen LogP contribution in [-0.2, 0) is 4.79 Å². The van der Waals surface area contributed by atoms with Crippen molar-refractivity contribution >= 4 is 56.5 Å². The van der Waals surface area contributed by atoms with Crippen molar-refractivity contribution in [1.29, 1.82) is 0 Å². The van der Waals surface area contributed by atoms with Crippen LogP contribution in [0.4, 0.5) is 10.3 Å². The van der Waals surface area contributed by atoms with E-state index < -0.39 is 0 Å². The van der Waals surface area contributed by atoms with Gasteiger partial charge in [-0.1, -0.05) is 76.9 Å². The highest BCUT2D eigenvalue weighted by molar-refractivity contribution is 8.01. The van der Waals surface area contributed by atoms with Gasteiger partial charge in [0.2, 0.25) is 16.2 Å². The van der Waals surface area contributed by atoms with Crippen molar-refractivity contribution in [2.75, 3.05) is 16.4 Å². The summed E-state index contributed by atoms with van der Waals surface area (Å²) in [5, 5.41) is 22.7. The minimum absolute atomic E-state index is 0.155. The monoisotopic (exact) mass is 468 g/mol. The minimum atomic E-state index is -0.267. The maximum atomic E-state index is 12.5. The molecule has 2 N–H and O–H groups in total. The zero-order valence-electron chi connectivity index (χ0n) is 16.2. The van der Waals surface area contributed by atoms with E-state index in [-0.39, 0.29) is 17.6 Å². The molecule has 0 saturated heterocycles. The smallest absolute Gasteiger partial charge is 0.257 e. The van der Waals surface area contributed by atoms with Crippen molar-refractivity contribution in [2.45, 2.75) is 11.3 Å². The first kappa shape index (κ1) is 21.1. The number of rotatable bonds is 7. The van der Waals surface area contributed by atoms with Gasteiger partial charge in [0.05, 0.1) is 5.75 Å². The molecule has 2 aromatic heterocycles. The predicted octanol–water partition coefficient (Wildman–Crippen LogP) is 4.35. The summed E-state index contributed by atoms with van der Waals surface area (Å²) in [7, 11) is 0. The van der Waals surface area contributed by atoms with Crippen LogP contribution in [0, 0.1) is 6.92 Å². The third kappa shape index (κ3) is 5.72. The SMILES string of the molecule is Cc1nnc(NC(=O)CSc2nnc(NC(=O)c3ccc(-c4ccccc4)cc3)s2)s1. The van der Waals surface area contributed by atoms with Gasteiger partial charge in [-0.3, -0.25) is 20.2 Å². The first-order valence-electron chi connectivity index (χ1n) is 9.10. The molecule has 0 atom stereocenters. The van der Waals surface area contributed by atoms with E-state index in [1.54, 1.807) is 12.1 Å². The zero-order valence-corrected chi connectivity index (χ0v) is 18.7. The normalized spacial score (nSPS) is 10.6. The van der Waals surface area contributed by atoms with Crippen LogP contribution in [0.25, 0.3) is 11.1 Å². The first-order chi connectivity index (χ1) is 15.1.